The van der Waals surface area contributed by atoms with Gasteiger partial charge < -0.3 is 4.74 Å². The van der Waals surface area contributed by atoms with Crippen LogP contribution in [0.15, 0.2) is 172 Å². The summed E-state index contributed by atoms with van der Waals surface area (Å²) in [6, 6.07) is 21.4. The van der Waals surface area contributed by atoms with E-state index < -0.39 is 195 Å². The Morgan fingerprint density at radius 2 is 0.529 bits per heavy atom. The van der Waals surface area contributed by atoms with Gasteiger partial charge in [-0.25, -0.2) is 0 Å². The highest BCUT2D eigenvalue weighted by Gasteiger charge is 2.47. The first-order chi connectivity index (χ1) is 39.1. The molecule has 7 aromatic carbocycles. The van der Waals surface area contributed by atoms with Crippen LogP contribution in [0.5, 0.6) is 5.75 Å². The summed E-state index contributed by atoms with van der Waals surface area (Å²) in [6.45, 7) is 3.07. The number of halogens is 24. The van der Waals surface area contributed by atoms with Gasteiger partial charge in [-0.1, -0.05) is 124 Å². The van der Waals surface area contributed by atoms with Gasteiger partial charge >= 0.3 is 49.4 Å². The minimum absolute atomic E-state index is 0.0906. The van der Waals surface area contributed by atoms with Gasteiger partial charge in [0.15, 0.2) is 14.7 Å². The Morgan fingerprint density at radius 1 is 0.294 bits per heavy atom. The fourth-order valence-electron chi connectivity index (χ4n) is 9.34. The first-order valence-corrected chi connectivity index (χ1v) is 26.3. The van der Waals surface area contributed by atoms with Gasteiger partial charge in [-0.3, -0.25) is 0 Å². The molecule has 0 aliphatic carbocycles. The highest BCUT2D eigenvalue weighted by atomic mass is 32.2. The summed E-state index contributed by atoms with van der Waals surface area (Å²) in [7, 11) is -0.0906. The summed E-state index contributed by atoms with van der Waals surface area (Å²) in [6.07, 6.45) is -47.1. The van der Waals surface area contributed by atoms with E-state index in [2.05, 4.69) is 91.9 Å². The Kier molecular flexibility index (Phi) is 20.2. The van der Waals surface area contributed by atoms with Gasteiger partial charge in [0.2, 0.25) is 0 Å². The second kappa shape index (κ2) is 25.6. The van der Waals surface area contributed by atoms with Crippen LogP contribution in [-0.4, -0.2) is 12.8 Å². The Hall–Kier alpha value is -6.93. The molecule has 0 fully saturated rings. The molecule has 27 heteroatoms. The number of hydrogen-bond acceptors (Lipinski definition) is 1. The summed E-state index contributed by atoms with van der Waals surface area (Å²) in [5.41, 5.74) is -30.2. The van der Waals surface area contributed by atoms with Crippen molar-refractivity contribution in [3.05, 3.63) is 202 Å². The van der Waals surface area contributed by atoms with Crippen molar-refractivity contribution in [2.24, 2.45) is 0 Å². The van der Waals surface area contributed by atoms with E-state index in [4.69, 9.17) is 4.74 Å². The average molecular weight is 1250 g/mol. The van der Waals surface area contributed by atoms with Crippen molar-refractivity contribution < 1.29 is 110 Å². The molecule has 0 saturated heterocycles. The third-order valence-corrected chi connectivity index (χ3v) is 15.5. The third-order valence-electron chi connectivity index (χ3n) is 13.2. The smallest absolute Gasteiger partial charge is 0.416 e. The maximum absolute atomic E-state index is 14.2. The summed E-state index contributed by atoms with van der Waals surface area (Å²) >= 11 is 0. The summed E-state index contributed by atoms with van der Waals surface area (Å²) in [5, 5.41) is 0. The molecule has 7 rings (SSSR count). The van der Waals surface area contributed by atoms with Crippen molar-refractivity contribution in [2.45, 2.75) is 110 Å². The van der Waals surface area contributed by atoms with Gasteiger partial charge in [0.1, 0.15) is 11.9 Å². The van der Waals surface area contributed by atoms with Gasteiger partial charge in [0, 0.05) is 0 Å². The highest BCUT2D eigenvalue weighted by molar-refractivity contribution is 7.97. The Balaban J connectivity index is 0.000000343. The molecule has 0 heterocycles. The lowest BCUT2D eigenvalue weighted by atomic mass is 9.12. The molecule has 0 N–H and O–H groups in total. The Morgan fingerprint density at radius 3 is 0.776 bits per heavy atom. The number of ether oxygens (including phenoxy) is 1. The van der Waals surface area contributed by atoms with E-state index in [-0.39, 0.29) is 10.9 Å². The molecule has 0 unspecified atom stereocenters. The van der Waals surface area contributed by atoms with Crippen molar-refractivity contribution in [2.75, 3.05) is 6.61 Å². The molecule has 0 saturated carbocycles. The first kappa shape index (κ1) is 67.2. The van der Waals surface area contributed by atoms with Crippen LogP contribution < -0.4 is 26.6 Å². The van der Waals surface area contributed by atoms with Gasteiger partial charge in [0.05, 0.1) is 62.0 Å². The molecule has 0 aliphatic rings. The van der Waals surface area contributed by atoms with Gasteiger partial charge in [0.25, 0.3) is 0 Å². The molecule has 0 bridgehead atoms. The van der Waals surface area contributed by atoms with Crippen molar-refractivity contribution in [3.63, 3.8) is 0 Å². The predicted octanol–water partition coefficient (Wildman–Crippen LogP) is 18.7. The lowest BCUT2D eigenvalue weighted by molar-refractivity contribution is -0.144. The van der Waals surface area contributed by atoms with E-state index in [0.717, 1.165) is 18.8 Å². The zero-order valence-electron chi connectivity index (χ0n) is 43.4. The Bertz CT molecular complexity index is 2860. The lowest BCUT2D eigenvalue weighted by Crippen LogP contribution is -2.75. The van der Waals surface area contributed by atoms with Gasteiger partial charge in [-0.2, -0.15) is 127 Å². The molecule has 0 atom stereocenters. The molecule has 0 spiro atoms. The molecule has 1 nitrogen and oxygen atoms in total. The van der Waals surface area contributed by atoms with Crippen LogP contribution in [0.25, 0.3) is 0 Å². The molecular weight excluding hydrogens is 1210 g/mol. The van der Waals surface area contributed by atoms with Crippen molar-refractivity contribution in [1.29, 1.82) is 0 Å². The minimum atomic E-state index is -6.13. The van der Waals surface area contributed by atoms with E-state index in [1.165, 1.54) is 46.8 Å². The maximum Gasteiger partial charge on any atom is 0.416 e. The standard InChI is InChI=1S/C32H12BF24.C26H31OS/c34-25(35,36)13-1-14(26(37,38)39)6-21(5-13)33(22-7-15(27(40,41)42)2-16(8-22)28(43,44)45,23-9-17(29(46,47)48)3-18(10-23)30(49,50)51)24-11-19(31(52,53)54)4-20(12-24)32(55,56)57;1-2-3-4-5-6-13-22-27-23-18-20-26(21-19-23)28(24-14-9-7-10-15-24)25-16-11-8-12-17-25/h1-12H;7-12,14-21H,2-6,13,22H2,1H3/q-1;+1. The van der Waals surface area contributed by atoms with E-state index >= 15 is 0 Å². The van der Waals surface area contributed by atoms with Crippen LogP contribution in [0.3, 0.4) is 0 Å². The number of rotatable bonds is 15. The first-order valence-electron chi connectivity index (χ1n) is 25.1. The van der Waals surface area contributed by atoms with Crippen molar-refractivity contribution >= 4 is 38.9 Å². The molecule has 0 aromatic heterocycles. The molecular formula is C58H43BF24OS. The van der Waals surface area contributed by atoms with Crippen LogP contribution in [0.1, 0.15) is 90.0 Å². The predicted molar refractivity (Wildman–Crippen MR) is 270 cm³/mol. The van der Waals surface area contributed by atoms with E-state index in [9.17, 15) is 105 Å². The second-order valence-electron chi connectivity index (χ2n) is 19.2. The van der Waals surface area contributed by atoms with Gasteiger partial charge in [-0.15, -0.1) is 0 Å². The topological polar surface area (TPSA) is 9.23 Å². The number of benzene rings is 7. The fraction of sp³-hybridized carbons (Fsp3) is 0.276. The van der Waals surface area contributed by atoms with Crippen LogP contribution in [-0.2, 0) is 60.3 Å². The normalized spacial score (nSPS) is 13.2. The summed E-state index contributed by atoms with van der Waals surface area (Å²) < 4.78 is 347. The lowest BCUT2D eigenvalue weighted by Gasteiger charge is -2.46. The van der Waals surface area contributed by atoms with Crippen LogP contribution in [0.2, 0.25) is 0 Å². The Labute approximate surface area is 471 Å². The van der Waals surface area contributed by atoms with E-state index in [0.29, 0.717) is 0 Å². The molecule has 0 aliphatic heterocycles. The SMILES string of the molecule is CCCCCCCCOc1ccc([S+](c2ccccc2)c2ccccc2)cc1.FC(F)(F)c1cc([B-](c2cc(C(F)(F)F)cc(C(F)(F)F)c2)(c2cc(C(F)(F)F)cc(C(F)(F)F)c2)c2cc(C(F)(F)F)cc(C(F)(F)F)c2)cc(C(F)(F)F)c1. The maximum atomic E-state index is 14.2. The number of alkyl halides is 24. The molecule has 85 heavy (non-hydrogen) atoms. The molecule has 7 aromatic rings. The van der Waals surface area contributed by atoms with E-state index in [1.54, 1.807) is 0 Å². The van der Waals surface area contributed by atoms with Gasteiger partial charge in [-0.05, 0) is 79.2 Å². The highest BCUT2D eigenvalue weighted by Crippen LogP contribution is 2.42. The fourth-order valence-corrected chi connectivity index (χ4v) is 11.4. The monoisotopic (exact) mass is 1250 g/mol. The number of unbranched alkanes of at least 4 members (excludes halogenated alkanes) is 5. The quantitative estimate of drug-likeness (QED) is 0.0430. The minimum Gasteiger partial charge on any atom is -0.494 e. The number of hydrogen-bond donors (Lipinski definition) is 0. The van der Waals surface area contributed by atoms with Crippen molar-refractivity contribution in [3.8, 4) is 5.75 Å². The van der Waals surface area contributed by atoms with Crippen LogP contribution >= 0.6 is 0 Å². The third kappa shape index (κ3) is 17.0. The molecule has 0 amide bonds. The second-order valence-corrected chi connectivity index (χ2v) is 21.3. The summed E-state index contributed by atoms with van der Waals surface area (Å²) in [5.74, 6) is 0.974. The average Bonchev–Trinajstić information content (AvgIpc) is 0.875. The van der Waals surface area contributed by atoms with Crippen LogP contribution in [0.4, 0.5) is 105 Å². The van der Waals surface area contributed by atoms with Crippen molar-refractivity contribution in [1.82, 2.24) is 0 Å². The van der Waals surface area contributed by atoms with Crippen LogP contribution in [0, 0.1) is 0 Å². The largest absolute Gasteiger partial charge is 0.494 e. The molecule has 0 radical (unpaired) electrons. The zero-order chi connectivity index (χ0) is 63.4. The summed E-state index contributed by atoms with van der Waals surface area (Å²) in [4.78, 5) is 4.01. The molecule has 458 valence electrons. The zero-order valence-corrected chi connectivity index (χ0v) is 44.2. The van der Waals surface area contributed by atoms with E-state index in [1.807, 2.05) is 0 Å².